The van der Waals surface area contributed by atoms with Crippen molar-refractivity contribution in [1.29, 1.82) is 0 Å². The van der Waals surface area contributed by atoms with E-state index in [1.807, 2.05) is 49.4 Å². The number of thiophene rings is 1. The van der Waals surface area contributed by atoms with Gasteiger partial charge in [0.1, 0.15) is 22.7 Å². The molecule has 1 aliphatic rings. The van der Waals surface area contributed by atoms with E-state index in [2.05, 4.69) is 22.2 Å². The third kappa shape index (κ3) is 3.33. The van der Waals surface area contributed by atoms with E-state index < -0.39 is 0 Å². The fraction of sp³-hybridized carbons (Fsp3) is 0.400. The van der Waals surface area contributed by atoms with Crippen molar-refractivity contribution in [1.82, 2.24) is 9.97 Å². The van der Waals surface area contributed by atoms with Crippen molar-refractivity contribution in [3.05, 3.63) is 41.0 Å². The number of aromatic nitrogens is 2. The lowest BCUT2D eigenvalue weighted by molar-refractivity contribution is 0.242. The normalized spacial score (nSPS) is 16.9. The molecular formula is C20H23N3OS. The summed E-state index contributed by atoms with van der Waals surface area (Å²) in [6.45, 7) is 6.40. The molecule has 0 saturated carbocycles. The van der Waals surface area contributed by atoms with Gasteiger partial charge in [-0.3, -0.25) is 0 Å². The molecule has 4 nitrogen and oxygen atoms in total. The van der Waals surface area contributed by atoms with E-state index in [4.69, 9.17) is 4.74 Å². The molecule has 0 aliphatic heterocycles. The zero-order valence-corrected chi connectivity index (χ0v) is 15.7. The molecule has 25 heavy (non-hydrogen) atoms. The maximum Gasteiger partial charge on any atom is 0.142 e. The van der Waals surface area contributed by atoms with Gasteiger partial charge < -0.3 is 10.1 Å². The first-order chi connectivity index (χ1) is 12.1. The molecule has 4 rings (SSSR count). The van der Waals surface area contributed by atoms with E-state index in [1.165, 1.54) is 22.2 Å². The van der Waals surface area contributed by atoms with Gasteiger partial charge in [0.2, 0.25) is 0 Å². The quantitative estimate of drug-likeness (QED) is 0.687. The van der Waals surface area contributed by atoms with Crippen LogP contribution >= 0.6 is 11.3 Å². The molecule has 0 fully saturated rings. The Morgan fingerprint density at radius 1 is 1.20 bits per heavy atom. The van der Waals surface area contributed by atoms with Gasteiger partial charge >= 0.3 is 0 Å². The monoisotopic (exact) mass is 353 g/mol. The number of hydrogen-bond donors (Lipinski definition) is 1. The number of nitrogens with one attached hydrogen (secondary N) is 1. The summed E-state index contributed by atoms with van der Waals surface area (Å²) < 4.78 is 5.71. The second-order valence-electron chi connectivity index (χ2n) is 7.07. The molecule has 1 N–H and O–H groups in total. The Hall–Kier alpha value is -2.14. The van der Waals surface area contributed by atoms with Gasteiger partial charge in [-0.1, -0.05) is 6.92 Å². The summed E-state index contributed by atoms with van der Waals surface area (Å²) in [7, 11) is 0. The minimum absolute atomic E-state index is 0.181. The minimum Gasteiger partial charge on any atom is -0.491 e. The molecule has 1 aliphatic carbocycles. The van der Waals surface area contributed by atoms with Crippen LogP contribution < -0.4 is 10.1 Å². The van der Waals surface area contributed by atoms with E-state index in [1.54, 1.807) is 6.33 Å². The molecule has 0 saturated heterocycles. The van der Waals surface area contributed by atoms with Gasteiger partial charge in [0, 0.05) is 10.6 Å². The molecule has 0 radical (unpaired) electrons. The number of aryl methyl sites for hydroxylation is 1. The van der Waals surface area contributed by atoms with Crippen LogP contribution in [0.5, 0.6) is 5.75 Å². The first-order valence-corrected chi connectivity index (χ1v) is 9.71. The number of hydrogen-bond acceptors (Lipinski definition) is 5. The van der Waals surface area contributed by atoms with Gasteiger partial charge in [0.25, 0.3) is 0 Å². The van der Waals surface area contributed by atoms with Crippen LogP contribution in [0.4, 0.5) is 11.5 Å². The van der Waals surface area contributed by atoms with Crippen LogP contribution in [0, 0.1) is 5.92 Å². The highest BCUT2D eigenvalue weighted by Crippen LogP contribution is 2.40. The number of ether oxygens (including phenoxy) is 1. The Balaban J connectivity index is 1.65. The van der Waals surface area contributed by atoms with E-state index >= 15 is 0 Å². The number of benzene rings is 1. The second-order valence-corrected chi connectivity index (χ2v) is 8.15. The smallest absolute Gasteiger partial charge is 0.142 e. The van der Waals surface area contributed by atoms with Crippen molar-refractivity contribution in [2.24, 2.45) is 5.92 Å². The van der Waals surface area contributed by atoms with Gasteiger partial charge in [-0.25, -0.2) is 9.97 Å². The molecule has 5 heteroatoms. The maximum absolute atomic E-state index is 5.71. The Bertz CT molecular complexity index is 886. The van der Waals surface area contributed by atoms with Crippen LogP contribution in [0.3, 0.4) is 0 Å². The number of anilines is 2. The average Bonchev–Trinajstić information content (AvgIpc) is 2.94. The molecule has 0 amide bonds. The topological polar surface area (TPSA) is 47.0 Å². The van der Waals surface area contributed by atoms with Crippen LogP contribution in [0.25, 0.3) is 10.2 Å². The van der Waals surface area contributed by atoms with E-state index in [0.717, 1.165) is 40.8 Å². The zero-order valence-electron chi connectivity index (χ0n) is 14.9. The molecule has 0 unspecified atom stereocenters. The van der Waals surface area contributed by atoms with Crippen LogP contribution in [0.1, 0.15) is 37.6 Å². The molecule has 2 aromatic heterocycles. The SMILES string of the molecule is CC(C)Oc1ccc(Nc2ncnc3sc4c(c23)CC[C@H](C)C4)cc1. The Labute approximate surface area is 152 Å². The third-order valence-electron chi connectivity index (χ3n) is 4.58. The minimum atomic E-state index is 0.181. The zero-order chi connectivity index (χ0) is 17.4. The summed E-state index contributed by atoms with van der Waals surface area (Å²) in [4.78, 5) is 11.6. The van der Waals surface area contributed by atoms with Crippen molar-refractivity contribution in [2.75, 3.05) is 5.32 Å². The predicted molar refractivity (Wildman–Crippen MR) is 104 cm³/mol. The number of rotatable bonds is 4. The van der Waals surface area contributed by atoms with Crippen molar-refractivity contribution >= 4 is 33.1 Å². The molecule has 0 bridgehead atoms. The van der Waals surface area contributed by atoms with Gasteiger partial charge in [0.05, 0.1) is 11.5 Å². The summed E-state index contributed by atoms with van der Waals surface area (Å²) in [5.74, 6) is 2.56. The lowest BCUT2D eigenvalue weighted by atomic mass is 9.89. The lowest BCUT2D eigenvalue weighted by Crippen LogP contribution is -2.09. The molecule has 0 spiro atoms. The summed E-state index contributed by atoms with van der Waals surface area (Å²) in [6, 6.07) is 8.05. The highest BCUT2D eigenvalue weighted by molar-refractivity contribution is 7.19. The third-order valence-corrected chi connectivity index (χ3v) is 5.74. The fourth-order valence-electron chi connectivity index (χ4n) is 3.40. The standard InChI is InChI=1S/C20H23N3OS/c1-12(2)24-15-7-5-14(6-8-15)23-19-18-16-9-4-13(3)10-17(16)25-20(18)22-11-21-19/h5-8,11-13H,4,9-10H2,1-3H3,(H,21,22,23)/t13-/m0/s1. The van der Waals surface area contributed by atoms with E-state index in [-0.39, 0.29) is 6.10 Å². The number of nitrogens with zero attached hydrogens (tertiary/aromatic N) is 2. The van der Waals surface area contributed by atoms with Gasteiger partial charge in [-0.2, -0.15) is 0 Å². The van der Waals surface area contributed by atoms with Gasteiger partial charge in [-0.15, -0.1) is 11.3 Å². The van der Waals surface area contributed by atoms with Crippen LogP contribution in [-0.4, -0.2) is 16.1 Å². The summed E-state index contributed by atoms with van der Waals surface area (Å²) in [6.07, 6.45) is 5.37. The van der Waals surface area contributed by atoms with Gasteiger partial charge in [-0.05, 0) is 68.9 Å². The maximum atomic E-state index is 5.71. The molecular weight excluding hydrogens is 330 g/mol. The largest absolute Gasteiger partial charge is 0.491 e. The highest BCUT2D eigenvalue weighted by atomic mass is 32.1. The Morgan fingerprint density at radius 2 is 2.00 bits per heavy atom. The molecule has 2 heterocycles. The summed E-state index contributed by atoms with van der Waals surface area (Å²) in [5.41, 5.74) is 2.46. The second kappa shape index (κ2) is 6.64. The average molecular weight is 353 g/mol. The fourth-order valence-corrected chi connectivity index (χ4v) is 4.75. The molecule has 3 aromatic rings. The first kappa shape index (κ1) is 16.3. The summed E-state index contributed by atoms with van der Waals surface area (Å²) >= 11 is 1.83. The van der Waals surface area contributed by atoms with Crippen molar-refractivity contribution in [3.8, 4) is 5.75 Å². The highest BCUT2D eigenvalue weighted by Gasteiger charge is 2.23. The van der Waals surface area contributed by atoms with Crippen LogP contribution in [-0.2, 0) is 12.8 Å². The van der Waals surface area contributed by atoms with E-state index in [0.29, 0.717) is 0 Å². The van der Waals surface area contributed by atoms with Crippen molar-refractivity contribution < 1.29 is 4.74 Å². The molecule has 1 aromatic carbocycles. The van der Waals surface area contributed by atoms with Gasteiger partial charge in [0.15, 0.2) is 0 Å². The Morgan fingerprint density at radius 3 is 2.76 bits per heavy atom. The van der Waals surface area contributed by atoms with Crippen LogP contribution in [0.2, 0.25) is 0 Å². The van der Waals surface area contributed by atoms with E-state index in [9.17, 15) is 0 Å². The van der Waals surface area contributed by atoms with Crippen LogP contribution in [0.15, 0.2) is 30.6 Å². The molecule has 1 atom stereocenters. The number of fused-ring (bicyclic) bond motifs is 3. The Kier molecular flexibility index (Phi) is 4.34. The predicted octanol–water partition coefficient (Wildman–Crippen LogP) is 5.35. The van der Waals surface area contributed by atoms with Crippen molar-refractivity contribution in [2.45, 2.75) is 46.1 Å². The van der Waals surface area contributed by atoms with Crippen molar-refractivity contribution in [3.63, 3.8) is 0 Å². The molecule has 130 valence electrons. The summed E-state index contributed by atoms with van der Waals surface area (Å²) in [5, 5.41) is 4.68. The first-order valence-electron chi connectivity index (χ1n) is 8.89. The lowest BCUT2D eigenvalue weighted by Gasteiger charge is -2.18.